The van der Waals surface area contributed by atoms with Crippen LogP contribution in [0.25, 0.3) is 0 Å². The summed E-state index contributed by atoms with van der Waals surface area (Å²) in [6, 6.07) is 5.46. The Bertz CT molecular complexity index is 1010. The van der Waals surface area contributed by atoms with Crippen LogP contribution in [0.3, 0.4) is 0 Å². The predicted molar refractivity (Wildman–Crippen MR) is 96.7 cm³/mol. The zero-order chi connectivity index (χ0) is 21.5. The van der Waals surface area contributed by atoms with Crippen LogP contribution >= 0.6 is 0 Å². The smallest absolute Gasteiger partial charge is 0.416 e. The normalized spacial score (nSPS) is 17.9. The van der Waals surface area contributed by atoms with Gasteiger partial charge in [0.1, 0.15) is 11.9 Å². The van der Waals surface area contributed by atoms with Crippen molar-refractivity contribution in [2.45, 2.75) is 25.1 Å². The molecular weight excluding hydrogens is 408 g/mol. The van der Waals surface area contributed by atoms with Gasteiger partial charge in [0.15, 0.2) is 11.5 Å². The van der Waals surface area contributed by atoms with E-state index in [4.69, 9.17) is 9.47 Å². The molecule has 2 aromatic rings. The minimum atomic E-state index is -4.68. The predicted octanol–water partition coefficient (Wildman–Crippen LogP) is 3.82. The molecular formula is C20H16F4N2O4. The quantitative estimate of drug-likeness (QED) is 0.761. The highest BCUT2D eigenvalue weighted by molar-refractivity contribution is 6.02. The van der Waals surface area contributed by atoms with Crippen LogP contribution in [0.2, 0.25) is 0 Å². The number of rotatable bonds is 3. The Morgan fingerprint density at radius 2 is 1.83 bits per heavy atom. The Balaban J connectivity index is 1.52. The first-order chi connectivity index (χ1) is 14.2. The first-order valence-corrected chi connectivity index (χ1v) is 9.12. The number of ether oxygens (including phenoxy) is 2. The van der Waals surface area contributed by atoms with Gasteiger partial charge in [-0.2, -0.15) is 13.2 Å². The monoisotopic (exact) mass is 424 g/mol. The second-order valence-electron chi connectivity index (χ2n) is 6.91. The summed E-state index contributed by atoms with van der Waals surface area (Å²) in [5.41, 5.74) is -1.39. The molecule has 2 aliphatic rings. The Morgan fingerprint density at radius 1 is 1.07 bits per heavy atom. The summed E-state index contributed by atoms with van der Waals surface area (Å²) in [7, 11) is 0. The van der Waals surface area contributed by atoms with Gasteiger partial charge in [0.05, 0.1) is 11.3 Å². The SMILES string of the molecule is O=C(Nc1cc(C(F)(F)F)ccc1F)C1CCCN1C(=O)c1ccc2c(c1)OCO2. The fraction of sp³-hybridized carbons (Fsp3) is 0.300. The van der Waals surface area contributed by atoms with Crippen molar-refractivity contribution in [3.8, 4) is 11.5 Å². The summed E-state index contributed by atoms with van der Waals surface area (Å²) >= 11 is 0. The highest BCUT2D eigenvalue weighted by Crippen LogP contribution is 2.34. The number of alkyl halides is 3. The van der Waals surface area contributed by atoms with Crippen LogP contribution in [-0.4, -0.2) is 36.1 Å². The maximum Gasteiger partial charge on any atom is 0.416 e. The van der Waals surface area contributed by atoms with Gasteiger partial charge in [-0.1, -0.05) is 0 Å². The Labute approximate surface area is 168 Å². The molecule has 0 aliphatic carbocycles. The lowest BCUT2D eigenvalue weighted by Gasteiger charge is -2.24. The topological polar surface area (TPSA) is 67.9 Å². The molecule has 4 rings (SSSR count). The van der Waals surface area contributed by atoms with Crippen LogP contribution in [0.5, 0.6) is 11.5 Å². The summed E-state index contributed by atoms with van der Waals surface area (Å²) in [5, 5.41) is 2.19. The molecule has 30 heavy (non-hydrogen) atoms. The van der Waals surface area contributed by atoms with E-state index in [0.717, 1.165) is 0 Å². The number of amides is 2. The first kappa shape index (κ1) is 20.0. The van der Waals surface area contributed by atoms with Crippen LogP contribution < -0.4 is 14.8 Å². The van der Waals surface area contributed by atoms with Gasteiger partial charge in [0, 0.05) is 12.1 Å². The van der Waals surface area contributed by atoms with Crippen molar-refractivity contribution in [2.24, 2.45) is 0 Å². The molecule has 0 spiro atoms. The van der Waals surface area contributed by atoms with E-state index in [-0.39, 0.29) is 18.9 Å². The zero-order valence-corrected chi connectivity index (χ0v) is 15.5. The molecule has 1 atom stereocenters. The minimum Gasteiger partial charge on any atom is -0.454 e. The van der Waals surface area contributed by atoms with E-state index < -0.39 is 41.1 Å². The van der Waals surface area contributed by atoms with Crippen LogP contribution in [-0.2, 0) is 11.0 Å². The molecule has 1 N–H and O–H groups in total. The summed E-state index contributed by atoms with van der Waals surface area (Å²) in [4.78, 5) is 26.9. The molecule has 1 fully saturated rings. The van der Waals surface area contributed by atoms with E-state index >= 15 is 0 Å². The molecule has 0 radical (unpaired) electrons. The molecule has 2 amide bonds. The number of likely N-dealkylation sites (tertiary alicyclic amines) is 1. The molecule has 2 aliphatic heterocycles. The van der Waals surface area contributed by atoms with Crippen molar-refractivity contribution in [1.29, 1.82) is 0 Å². The summed E-state index contributed by atoms with van der Waals surface area (Å²) in [5.74, 6) is -1.27. The third-order valence-electron chi connectivity index (χ3n) is 4.99. The van der Waals surface area contributed by atoms with Crippen molar-refractivity contribution < 1.29 is 36.6 Å². The minimum absolute atomic E-state index is 0.0459. The second-order valence-corrected chi connectivity index (χ2v) is 6.91. The van der Waals surface area contributed by atoms with Gasteiger partial charge in [-0.3, -0.25) is 9.59 Å². The highest BCUT2D eigenvalue weighted by Gasteiger charge is 2.36. The fourth-order valence-corrected chi connectivity index (χ4v) is 3.49. The van der Waals surface area contributed by atoms with Crippen LogP contribution in [0, 0.1) is 5.82 Å². The molecule has 0 saturated carbocycles. The maximum atomic E-state index is 14.0. The van der Waals surface area contributed by atoms with Crippen molar-refractivity contribution in [2.75, 3.05) is 18.7 Å². The third-order valence-corrected chi connectivity index (χ3v) is 4.99. The lowest BCUT2D eigenvalue weighted by Crippen LogP contribution is -2.43. The number of nitrogens with one attached hydrogen (secondary N) is 1. The van der Waals surface area contributed by atoms with E-state index in [9.17, 15) is 27.2 Å². The number of carbonyl (C=O) groups is 2. The summed E-state index contributed by atoms with van der Waals surface area (Å²) in [6.45, 7) is 0.334. The third kappa shape index (κ3) is 3.77. The molecule has 2 heterocycles. The molecule has 2 aromatic carbocycles. The lowest BCUT2D eigenvalue weighted by atomic mass is 10.1. The molecule has 6 nitrogen and oxygen atoms in total. The largest absolute Gasteiger partial charge is 0.454 e. The fourth-order valence-electron chi connectivity index (χ4n) is 3.49. The zero-order valence-electron chi connectivity index (χ0n) is 15.5. The molecule has 1 saturated heterocycles. The van der Waals surface area contributed by atoms with E-state index in [2.05, 4.69) is 5.32 Å². The first-order valence-electron chi connectivity index (χ1n) is 9.12. The van der Waals surface area contributed by atoms with Gasteiger partial charge in [-0.15, -0.1) is 0 Å². The number of halogens is 4. The van der Waals surface area contributed by atoms with Gasteiger partial charge in [0.25, 0.3) is 5.91 Å². The number of hydrogen-bond donors (Lipinski definition) is 1. The van der Waals surface area contributed by atoms with Crippen LogP contribution in [0.4, 0.5) is 23.2 Å². The van der Waals surface area contributed by atoms with E-state index in [1.54, 1.807) is 6.07 Å². The highest BCUT2D eigenvalue weighted by atomic mass is 19.4. The Hall–Kier alpha value is -3.30. The Kier molecular flexibility index (Phi) is 5.00. The maximum absolute atomic E-state index is 14.0. The molecule has 158 valence electrons. The average Bonchev–Trinajstić information content (AvgIpc) is 3.37. The molecule has 1 unspecified atom stereocenters. The number of benzene rings is 2. The standard InChI is InChI=1S/C20H16F4N2O4/c21-13-5-4-12(20(22,23)24)9-14(13)25-18(27)15-2-1-7-26(15)19(28)11-3-6-16-17(8-11)30-10-29-16/h3-6,8-9,15H,1-2,7,10H2,(H,25,27). The van der Waals surface area contributed by atoms with E-state index in [1.807, 2.05) is 0 Å². The van der Waals surface area contributed by atoms with Crippen LogP contribution in [0.15, 0.2) is 36.4 Å². The van der Waals surface area contributed by atoms with Gasteiger partial charge in [0.2, 0.25) is 12.7 Å². The molecule has 0 aromatic heterocycles. The number of nitrogens with zero attached hydrogens (tertiary/aromatic N) is 1. The van der Waals surface area contributed by atoms with E-state index in [1.165, 1.54) is 17.0 Å². The van der Waals surface area contributed by atoms with Crippen molar-refractivity contribution in [3.63, 3.8) is 0 Å². The van der Waals surface area contributed by atoms with Crippen molar-refractivity contribution in [1.82, 2.24) is 4.90 Å². The number of anilines is 1. The lowest BCUT2D eigenvalue weighted by molar-refractivity contribution is -0.137. The summed E-state index contributed by atoms with van der Waals surface area (Å²) in [6.07, 6.45) is -3.84. The number of carbonyl (C=O) groups excluding carboxylic acids is 2. The van der Waals surface area contributed by atoms with Gasteiger partial charge in [-0.25, -0.2) is 4.39 Å². The summed E-state index contributed by atoms with van der Waals surface area (Å²) < 4.78 is 63.1. The molecule has 10 heteroatoms. The van der Waals surface area contributed by atoms with Crippen molar-refractivity contribution in [3.05, 3.63) is 53.3 Å². The number of fused-ring (bicyclic) bond motifs is 1. The van der Waals surface area contributed by atoms with Gasteiger partial charge < -0.3 is 19.7 Å². The van der Waals surface area contributed by atoms with Gasteiger partial charge >= 0.3 is 6.18 Å². The Morgan fingerprint density at radius 3 is 2.60 bits per heavy atom. The van der Waals surface area contributed by atoms with Crippen LogP contribution in [0.1, 0.15) is 28.8 Å². The number of hydrogen-bond acceptors (Lipinski definition) is 4. The van der Waals surface area contributed by atoms with E-state index in [0.29, 0.717) is 42.5 Å². The van der Waals surface area contributed by atoms with Crippen molar-refractivity contribution >= 4 is 17.5 Å². The average molecular weight is 424 g/mol. The second kappa shape index (κ2) is 7.51. The van der Waals surface area contributed by atoms with Gasteiger partial charge in [-0.05, 0) is 49.2 Å². The molecule has 0 bridgehead atoms.